The highest BCUT2D eigenvalue weighted by atomic mass is 16.4. The maximum Gasteiger partial charge on any atom is 0.326 e. The molecule has 1 atom stereocenters. The van der Waals surface area contributed by atoms with Gasteiger partial charge in [-0.05, 0) is 43.4 Å². The fourth-order valence-electron chi connectivity index (χ4n) is 4.39. The first-order valence-corrected chi connectivity index (χ1v) is 12.3. The van der Waals surface area contributed by atoms with Crippen molar-refractivity contribution in [1.29, 1.82) is 0 Å². The van der Waals surface area contributed by atoms with Gasteiger partial charge in [-0.1, -0.05) is 24.3 Å². The average Bonchev–Trinajstić information content (AvgIpc) is 3.22. The van der Waals surface area contributed by atoms with Gasteiger partial charge in [-0.15, -0.1) is 0 Å². The molecule has 1 aromatic carbocycles. The maximum absolute atomic E-state index is 12.6. The summed E-state index contributed by atoms with van der Waals surface area (Å²) in [6.07, 6.45) is 3.73. The van der Waals surface area contributed by atoms with Crippen LogP contribution in [0.2, 0.25) is 0 Å². The van der Waals surface area contributed by atoms with Crippen molar-refractivity contribution in [2.75, 3.05) is 18.8 Å². The first-order valence-electron chi connectivity index (χ1n) is 12.3. The Morgan fingerprint density at radius 3 is 2.78 bits per heavy atom. The number of aliphatic carboxylic acids is 1. The molecule has 3 aromatic rings. The van der Waals surface area contributed by atoms with Gasteiger partial charge in [0.05, 0.1) is 5.69 Å². The number of unbranched alkanes of at least 4 members (excludes halogenated alkanes) is 1. The fraction of sp³-hybridized carbons (Fsp3) is 0.385. The summed E-state index contributed by atoms with van der Waals surface area (Å²) in [5.41, 5.74) is 10.6. The molecule has 1 aliphatic rings. The van der Waals surface area contributed by atoms with Crippen LogP contribution in [0.15, 0.2) is 36.4 Å². The SMILES string of the molecule is Nc1c(C(=O)NC(CCNC(=O)CCCCc2ccc3c(n2)CCNC3)C(=O)O)[nH]c2ccccc12. The van der Waals surface area contributed by atoms with E-state index in [9.17, 15) is 19.5 Å². The molecule has 190 valence electrons. The first kappa shape index (κ1) is 25.2. The van der Waals surface area contributed by atoms with Gasteiger partial charge in [-0.3, -0.25) is 14.6 Å². The molecule has 0 aliphatic carbocycles. The molecule has 1 aliphatic heterocycles. The molecule has 2 aromatic heterocycles. The highest BCUT2D eigenvalue weighted by molar-refractivity contribution is 6.08. The maximum atomic E-state index is 12.6. The summed E-state index contributed by atoms with van der Waals surface area (Å²) in [5.74, 6) is -1.93. The number of amides is 2. The second-order valence-corrected chi connectivity index (χ2v) is 9.00. The number of para-hydroxylation sites is 1. The number of carboxylic acid groups (broad SMARTS) is 1. The van der Waals surface area contributed by atoms with Crippen LogP contribution in [0.4, 0.5) is 5.69 Å². The summed E-state index contributed by atoms with van der Waals surface area (Å²) in [6, 6.07) is 10.2. The molecule has 36 heavy (non-hydrogen) atoms. The molecule has 0 fully saturated rings. The Bertz CT molecular complexity index is 1250. The lowest BCUT2D eigenvalue weighted by Crippen LogP contribution is -2.43. The number of H-pyrrole nitrogens is 1. The lowest BCUT2D eigenvalue weighted by molar-refractivity contribution is -0.139. The van der Waals surface area contributed by atoms with E-state index >= 15 is 0 Å². The number of aromatic amines is 1. The Kier molecular flexibility index (Phi) is 8.17. The zero-order valence-corrected chi connectivity index (χ0v) is 20.1. The smallest absolute Gasteiger partial charge is 0.326 e. The van der Waals surface area contributed by atoms with E-state index in [0.29, 0.717) is 23.7 Å². The number of nitrogens with two attached hydrogens (primary N) is 1. The van der Waals surface area contributed by atoms with Crippen LogP contribution in [-0.4, -0.2) is 52.0 Å². The quantitative estimate of drug-likeness (QED) is 0.223. The number of aryl methyl sites for hydroxylation is 1. The molecule has 0 saturated carbocycles. The Labute approximate surface area is 209 Å². The highest BCUT2D eigenvalue weighted by Crippen LogP contribution is 2.24. The standard InChI is InChI=1S/C26H32N6O4/c27-23-18-6-2-3-7-20(18)31-24(23)25(34)32-21(26(35)36)12-14-29-22(33)8-4-1-5-17-10-9-16-15-28-13-11-19(16)30-17/h2-3,6-7,9-10,21,28,31H,1,4-5,8,11-15,27H2,(H,29,33)(H,32,34)(H,35,36). The van der Waals surface area contributed by atoms with Crippen LogP contribution in [0.5, 0.6) is 0 Å². The average molecular weight is 493 g/mol. The van der Waals surface area contributed by atoms with Gasteiger partial charge in [0.2, 0.25) is 5.91 Å². The van der Waals surface area contributed by atoms with E-state index in [0.717, 1.165) is 43.7 Å². The van der Waals surface area contributed by atoms with Gasteiger partial charge in [0.15, 0.2) is 0 Å². The minimum absolute atomic E-state index is 0.0564. The van der Waals surface area contributed by atoms with Crippen molar-refractivity contribution in [2.24, 2.45) is 0 Å². The molecule has 3 heterocycles. The first-order chi connectivity index (χ1) is 17.4. The van der Waals surface area contributed by atoms with Crippen molar-refractivity contribution in [3.05, 3.63) is 59.0 Å². The van der Waals surface area contributed by atoms with E-state index in [-0.39, 0.29) is 30.3 Å². The van der Waals surface area contributed by atoms with Crippen molar-refractivity contribution in [1.82, 2.24) is 25.9 Å². The van der Waals surface area contributed by atoms with Gasteiger partial charge in [-0.25, -0.2) is 4.79 Å². The zero-order valence-electron chi connectivity index (χ0n) is 20.1. The fourth-order valence-corrected chi connectivity index (χ4v) is 4.39. The number of fused-ring (bicyclic) bond motifs is 2. The molecule has 0 spiro atoms. The molecule has 0 bridgehead atoms. The summed E-state index contributed by atoms with van der Waals surface area (Å²) in [5, 5.41) is 18.8. The number of hydrogen-bond donors (Lipinski definition) is 6. The third-order valence-electron chi connectivity index (χ3n) is 6.40. The van der Waals surface area contributed by atoms with Crippen LogP contribution in [-0.2, 0) is 29.0 Å². The van der Waals surface area contributed by atoms with Crippen LogP contribution in [0.25, 0.3) is 10.9 Å². The second kappa shape index (κ2) is 11.7. The van der Waals surface area contributed by atoms with Crippen molar-refractivity contribution < 1.29 is 19.5 Å². The predicted molar refractivity (Wildman–Crippen MR) is 136 cm³/mol. The van der Waals surface area contributed by atoms with E-state index in [1.807, 2.05) is 6.07 Å². The summed E-state index contributed by atoms with van der Waals surface area (Å²) in [4.78, 5) is 44.2. The summed E-state index contributed by atoms with van der Waals surface area (Å²) >= 11 is 0. The van der Waals surface area contributed by atoms with Gasteiger partial charge in [0, 0.05) is 54.8 Å². The van der Waals surface area contributed by atoms with Crippen molar-refractivity contribution in [2.45, 2.75) is 51.1 Å². The molecular formula is C26H32N6O4. The molecule has 4 rings (SSSR count). The summed E-state index contributed by atoms with van der Waals surface area (Å²) < 4.78 is 0. The number of carboxylic acids is 1. The lowest BCUT2D eigenvalue weighted by atomic mass is 10.0. The number of pyridine rings is 1. The number of hydrogen-bond acceptors (Lipinski definition) is 6. The van der Waals surface area contributed by atoms with Crippen molar-refractivity contribution in [3.63, 3.8) is 0 Å². The van der Waals surface area contributed by atoms with Crippen LogP contribution in [0, 0.1) is 0 Å². The Morgan fingerprint density at radius 2 is 1.97 bits per heavy atom. The number of carbonyl (C=O) groups is 3. The number of nitrogen functional groups attached to an aromatic ring is 1. The van der Waals surface area contributed by atoms with E-state index in [1.165, 1.54) is 5.56 Å². The number of carbonyl (C=O) groups excluding carboxylic acids is 2. The zero-order chi connectivity index (χ0) is 25.5. The summed E-state index contributed by atoms with van der Waals surface area (Å²) in [7, 11) is 0. The Balaban J connectivity index is 1.18. The van der Waals surface area contributed by atoms with Crippen molar-refractivity contribution in [3.8, 4) is 0 Å². The Morgan fingerprint density at radius 1 is 1.14 bits per heavy atom. The molecule has 10 nitrogen and oxygen atoms in total. The molecular weight excluding hydrogens is 460 g/mol. The normalized spacial score (nSPS) is 13.7. The van der Waals surface area contributed by atoms with E-state index < -0.39 is 17.9 Å². The number of rotatable bonds is 11. The molecule has 0 saturated heterocycles. The van der Waals surface area contributed by atoms with Crippen LogP contribution < -0.4 is 21.7 Å². The van der Waals surface area contributed by atoms with Crippen molar-refractivity contribution >= 4 is 34.4 Å². The molecule has 10 heteroatoms. The minimum Gasteiger partial charge on any atom is -0.480 e. The minimum atomic E-state index is -1.18. The third-order valence-corrected chi connectivity index (χ3v) is 6.40. The topological polar surface area (TPSA) is 162 Å². The predicted octanol–water partition coefficient (Wildman–Crippen LogP) is 1.89. The van der Waals surface area contributed by atoms with Gasteiger partial charge in [-0.2, -0.15) is 0 Å². The molecule has 0 radical (unpaired) electrons. The largest absolute Gasteiger partial charge is 0.480 e. The summed E-state index contributed by atoms with van der Waals surface area (Å²) in [6.45, 7) is 1.96. The van der Waals surface area contributed by atoms with E-state index in [1.54, 1.807) is 18.2 Å². The molecule has 2 amide bonds. The van der Waals surface area contributed by atoms with Gasteiger partial charge < -0.3 is 31.8 Å². The number of anilines is 1. The Hall–Kier alpha value is -3.92. The molecule has 7 N–H and O–H groups in total. The monoisotopic (exact) mass is 492 g/mol. The van der Waals surface area contributed by atoms with Crippen LogP contribution in [0.1, 0.15) is 53.1 Å². The van der Waals surface area contributed by atoms with E-state index in [2.05, 4.69) is 33.1 Å². The number of benzene rings is 1. The van der Waals surface area contributed by atoms with Gasteiger partial charge in [0.25, 0.3) is 5.91 Å². The van der Waals surface area contributed by atoms with E-state index in [4.69, 9.17) is 10.7 Å². The van der Waals surface area contributed by atoms with Gasteiger partial charge >= 0.3 is 5.97 Å². The highest BCUT2D eigenvalue weighted by Gasteiger charge is 2.23. The number of nitrogens with one attached hydrogen (secondary N) is 4. The molecule has 1 unspecified atom stereocenters. The van der Waals surface area contributed by atoms with Crippen LogP contribution in [0.3, 0.4) is 0 Å². The third kappa shape index (κ3) is 6.19. The second-order valence-electron chi connectivity index (χ2n) is 9.00. The number of nitrogens with zero attached hydrogens (tertiary/aromatic N) is 1. The van der Waals surface area contributed by atoms with Gasteiger partial charge in [0.1, 0.15) is 11.7 Å². The van der Waals surface area contributed by atoms with Crippen LogP contribution >= 0.6 is 0 Å². The number of aromatic nitrogens is 2. The lowest BCUT2D eigenvalue weighted by Gasteiger charge is -2.16.